The van der Waals surface area contributed by atoms with Crippen LogP contribution in [0.25, 0.3) is 10.9 Å². The molecule has 0 unspecified atom stereocenters. The molecule has 16 heavy (non-hydrogen) atoms. The van der Waals surface area contributed by atoms with Gasteiger partial charge in [-0.05, 0) is 26.9 Å². The van der Waals surface area contributed by atoms with Crippen molar-refractivity contribution in [3.63, 3.8) is 0 Å². The topological polar surface area (TPSA) is 88.9 Å². The van der Waals surface area contributed by atoms with Gasteiger partial charge in [0.15, 0.2) is 0 Å². The summed E-state index contributed by atoms with van der Waals surface area (Å²) in [4.78, 5) is 21.1. The third-order valence-corrected chi connectivity index (χ3v) is 2.57. The normalized spacial score (nSPS) is 10.6. The lowest BCUT2D eigenvalue weighted by Crippen LogP contribution is -2.12. The van der Waals surface area contributed by atoms with E-state index in [-0.39, 0.29) is 15.4 Å². The maximum Gasteiger partial charge on any atom is 0.436 e. The zero-order chi connectivity index (χ0) is 11.9. The van der Waals surface area contributed by atoms with Crippen LogP contribution in [0, 0.1) is 15.9 Å². The Morgan fingerprint density at radius 3 is 2.81 bits per heavy atom. The largest absolute Gasteiger partial charge is 0.436 e. The molecule has 2 rings (SSSR count). The van der Waals surface area contributed by atoms with Gasteiger partial charge in [0.05, 0.1) is 20.5 Å². The summed E-state index contributed by atoms with van der Waals surface area (Å²) >= 11 is 2.89. The van der Waals surface area contributed by atoms with E-state index in [4.69, 9.17) is 0 Å². The van der Waals surface area contributed by atoms with Crippen molar-refractivity contribution in [2.45, 2.75) is 0 Å². The van der Waals surface area contributed by atoms with Gasteiger partial charge in [-0.2, -0.15) is 5.10 Å². The highest BCUT2D eigenvalue weighted by Crippen LogP contribution is 2.20. The highest BCUT2D eigenvalue weighted by atomic mass is 79.9. The minimum atomic E-state index is -0.893. The number of nitro groups is 1. The maximum absolute atomic E-state index is 13.1. The van der Waals surface area contributed by atoms with Crippen molar-refractivity contribution in [3.8, 4) is 0 Å². The summed E-state index contributed by atoms with van der Waals surface area (Å²) < 4.78 is 13.2. The second-order valence-corrected chi connectivity index (χ2v) is 3.80. The lowest BCUT2D eigenvalue weighted by atomic mass is 10.2. The summed E-state index contributed by atoms with van der Waals surface area (Å²) in [6.45, 7) is 0. The molecule has 0 aliphatic rings. The van der Waals surface area contributed by atoms with Gasteiger partial charge in [-0.1, -0.05) is 0 Å². The smallest absolute Gasteiger partial charge is 0.358 e. The van der Waals surface area contributed by atoms with Crippen molar-refractivity contribution in [3.05, 3.63) is 42.8 Å². The number of nitrogens with one attached hydrogen (secondary N) is 1. The Labute approximate surface area is 95.4 Å². The van der Waals surface area contributed by atoms with Crippen molar-refractivity contribution in [1.82, 2.24) is 10.2 Å². The standard InChI is InChI=1S/C8H3BrFN3O3/c9-4-1-3-6(2-5(4)10)11-12-8(7(3)14)13(15)16/h1-2H,(H,11,14). The first kappa shape index (κ1) is 10.7. The molecule has 0 aliphatic heterocycles. The molecule has 1 aromatic heterocycles. The molecule has 0 radical (unpaired) electrons. The molecule has 0 saturated heterocycles. The molecule has 82 valence electrons. The molecule has 1 N–H and O–H groups in total. The Morgan fingerprint density at radius 1 is 1.50 bits per heavy atom. The first-order valence-electron chi connectivity index (χ1n) is 4.02. The lowest BCUT2D eigenvalue weighted by molar-refractivity contribution is -0.391. The van der Waals surface area contributed by atoms with Gasteiger partial charge in [-0.3, -0.25) is 4.79 Å². The van der Waals surface area contributed by atoms with Gasteiger partial charge >= 0.3 is 5.82 Å². The van der Waals surface area contributed by atoms with E-state index < -0.39 is 22.0 Å². The SMILES string of the molecule is O=c1c([N+](=O)[O-])n[nH]c2cc(F)c(Br)cc12. The molecular weight excluding hydrogens is 285 g/mol. The minimum absolute atomic E-state index is 0.00924. The van der Waals surface area contributed by atoms with E-state index in [9.17, 15) is 19.3 Å². The molecule has 0 atom stereocenters. The lowest BCUT2D eigenvalue weighted by Gasteiger charge is -1.98. The Kier molecular flexibility index (Phi) is 2.43. The summed E-state index contributed by atoms with van der Waals surface area (Å²) in [6.07, 6.45) is 0. The Hall–Kier alpha value is -1.83. The number of rotatable bonds is 1. The molecule has 1 aromatic carbocycles. The molecule has 0 aliphatic carbocycles. The highest BCUT2D eigenvalue weighted by molar-refractivity contribution is 9.10. The van der Waals surface area contributed by atoms with E-state index in [0.29, 0.717) is 0 Å². The van der Waals surface area contributed by atoms with Crippen molar-refractivity contribution >= 4 is 32.7 Å². The van der Waals surface area contributed by atoms with Gasteiger partial charge in [-0.15, -0.1) is 0 Å². The molecular formula is C8H3BrFN3O3. The summed E-state index contributed by atoms with van der Waals surface area (Å²) in [5.41, 5.74) is -0.740. The van der Waals surface area contributed by atoms with E-state index in [2.05, 4.69) is 26.1 Å². The van der Waals surface area contributed by atoms with Crippen LogP contribution >= 0.6 is 15.9 Å². The quantitative estimate of drug-likeness (QED) is 0.639. The molecule has 1 heterocycles. The second-order valence-electron chi connectivity index (χ2n) is 2.95. The first-order valence-corrected chi connectivity index (χ1v) is 4.82. The van der Waals surface area contributed by atoms with E-state index in [0.717, 1.165) is 6.07 Å². The van der Waals surface area contributed by atoms with E-state index in [1.165, 1.54) is 6.07 Å². The zero-order valence-corrected chi connectivity index (χ0v) is 9.12. The van der Waals surface area contributed by atoms with Crippen LogP contribution in [0.15, 0.2) is 21.4 Å². The third-order valence-electron chi connectivity index (χ3n) is 1.96. The summed E-state index contributed by atoms with van der Waals surface area (Å²) in [5, 5.41) is 16.0. The molecule has 0 bridgehead atoms. The van der Waals surface area contributed by atoms with Crippen molar-refractivity contribution in [2.24, 2.45) is 0 Å². The van der Waals surface area contributed by atoms with Crippen LogP contribution in [-0.4, -0.2) is 15.1 Å². The number of aromatic amines is 1. The van der Waals surface area contributed by atoms with Crippen molar-refractivity contribution < 1.29 is 9.31 Å². The number of nitrogens with zero attached hydrogens (tertiary/aromatic N) is 2. The predicted octanol–water partition coefficient (Wildman–Crippen LogP) is 1.73. The van der Waals surface area contributed by atoms with Gasteiger partial charge < -0.3 is 10.1 Å². The number of halogens is 2. The summed E-state index contributed by atoms with van der Waals surface area (Å²) in [7, 11) is 0. The number of H-pyrrole nitrogens is 1. The maximum atomic E-state index is 13.1. The Balaban J connectivity index is 2.90. The number of aromatic nitrogens is 2. The monoisotopic (exact) mass is 287 g/mol. The number of fused-ring (bicyclic) bond motifs is 1. The van der Waals surface area contributed by atoms with Crippen LogP contribution in [0.3, 0.4) is 0 Å². The Morgan fingerprint density at radius 2 is 2.19 bits per heavy atom. The van der Waals surface area contributed by atoms with Crippen LogP contribution in [-0.2, 0) is 0 Å². The van der Waals surface area contributed by atoms with Gasteiger partial charge in [0.2, 0.25) is 0 Å². The highest BCUT2D eigenvalue weighted by Gasteiger charge is 2.18. The molecule has 0 saturated carbocycles. The minimum Gasteiger partial charge on any atom is -0.358 e. The van der Waals surface area contributed by atoms with Gasteiger partial charge in [-0.25, -0.2) is 4.39 Å². The van der Waals surface area contributed by atoms with E-state index in [1.807, 2.05) is 0 Å². The van der Waals surface area contributed by atoms with Crippen LogP contribution < -0.4 is 5.43 Å². The Bertz CT molecular complexity index is 655. The third kappa shape index (κ3) is 1.56. The van der Waals surface area contributed by atoms with E-state index >= 15 is 0 Å². The first-order chi connectivity index (χ1) is 7.50. The van der Waals surface area contributed by atoms with Crippen LogP contribution in [0.2, 0.25) is 0 Å². The fraction of sp³-hybridized carbons (Fsp3) is 0. The number of hydrogen-bond acceptors (Lipinski definition) is 4. The predicted molar refractivity (Wildman–Crippen MR) is 56.7 cm³/mol. The molecule has 8 heteroatoms. The average Bonchev–Trinajstić information content (AvgIpc) is 2.21. The van der Waals surface area contributed by atoms with Gasteiger partial charge in [0.1, 0.15) is 5.82 Å². The molecule has 6 nitrogen and oxygen atoms in total. The fourth-order valence-electron chi connectivity index (χ4n) is 1.24. The van der Waals surface area contributed by atoms with Gasteiger partial charge in [0.25, 0.3) is 5.43 Å². The fourth-order valence-corrected chi connectivity index (χ4v) is 1.58. The van der Waals surface area contributed by atoms with Crippen LogP contribution in [0.1, 0.15) is 0 Å². The zero-order valence-electron chi connectivity index (χ0n) is 7.53. The molecule has 0 amide bonds. The van der Waals surface area contributed by atoms with Crippen molar-refractivity contribution in [1.29, 1.82) is 0 Å². The average molecular weight is 288 g/mol. The van der Waals surface area contributed by atoms with Crippen LogP contribution in [0.5, 0.6) is 0 Å². The molecule has 0 fully saturated rings. The summed E-state index contributed by atoms with van der Waals surface area (Å²) in [5.74, 6) is -1.40. The number of benzene rings is 1. The number of hydrogen-bond donors (Lipinski definition) is 1. The van der Waals surface area contributed by atoms with Crippen molar-refractivity contribution in [2.75, 3.05) is 0 Å². The van der Waals surface area contributed by atoms with Gasteiger partial charge in [0, 0.05) is 6.07 Å². The molecule has 0 spiro atoms. The molecule has 2 aromatic rings. The van der Waals surface area contributed by atoms with E-state index in [1.54, 1.807) is 0 Å². The summed E-state index contributed by atoms with van der Waals surface area (Å²) in [6, 6.07) is 2.22. The van der Waals surface area contributed by atoms with Crippen LogP contribution in [0.4, 0.5) is 10.2 Å². The second kappa shape index (κ2) is 3.63.